The molecule has 7 heteroatoms. The van der Waals surface area contributed by atoms with Gasteiger partial charge in [-0.25, -0.2) is 8.42 Å². The number of likely N-dealkylation sites (N-methyl/N-ethyl adjacent to an activating group) is 2. The maximum Gasteiger partial charge on any atom is 0.242 e. The van der Waals surface area contributed by atoms with Gasteiger partial charge in [-0.3, -0.25) is 0 Å². The lowest BCUT2D eigenvalue weighted by molar-refractivity contribution is 0.358. The molecule has 0 radical (unpaired) electrons. The molecule has 0 aromatic heterocycles. The molecule has 0 saturated heterocycles. The Hall–Kier alpha value is -0.330. The van der Waals surface area contributed by atoms with Crippen molar-refractivity contribution in [2.24, 2.45) is 0 Å². The van der Waals surface area contributed by atoms with E-state index in [4.69, 9.17) is 23.2 Å². The van der Waals surface area contributed by atoms with E-state index >= 15 is 0 Å². The molecule has 0 heterocycles. The number of hydrogen-bond donors (Lipinski definition) is 0. The summed E-state index contributed by atoms with van der Waals surface area (Å²) in [6, 6.07) is 4.59. The van der Waals surface area contributed by atoms with Crippen molar-refractivity contribution in [2.75, 3.05) is 34.2 Å². The number of alkyl halides is 1. The quantitative estimate of drug-likeness (QED) is 0.754. The van der Waals surface area contributed by atoms with Crippen molar-refractivity contribution >= 4 is 33.2 Å². The second-order valence-corrected chi connectivity index (χ2v) is 7.24. The zero-order chi connectivity index (χ0) is 14.6. The number of sulfonamides is 1. The molecule has 0 atom stereocenters. The van der Waals surface area contributed by atoms with E-state index in [0.29, 0.717) is 23.7 Å². The highest BCUT2D eigenvalue weighted by Crippen LogP contribution is 2.23. The molecule has 1 aromatic carbocycles. The van der Waals surface area contributed by atoms with Crippen LogP contribution in [0.2, 0.25) is 5.02 Å². The van der Waals surface area contributed by atoms with Crippen molar-refractivity contribution in [1.29, 1.82) is 0 Å². The minimum atomic E-state index is -3.49. The Morgan fingerprint density at radius 1 is 1.16 bits per heavy atom. The molecule has 0 fully saturated rings. The van der Waals surface area contributed by atoms with Crippen molar-refractivity contribution in [3.8, 4) is 0 Å². The second-order valence-electron chi connectivity index (χ2n) is 4.52. The minimum Gasteiger partial charge on any atom is -0.308 e. The molecule has 108 valence electrons. The van der Waals surface area contributed by atoms with Crippen LogP contribution in [-0.4, -0.2) is 51.9 Å². The van der Waals surface area contributed by atoms with Crippen molar-refractivity contribution in [1.82, 2.24) is 9.21 Å². The molecular weight excluding hydrogens is 307 g/mol. The van der Waals surface area contributed by atoms with Gasteiger partial charge in [-0.05, 0) is 37.9 Å². The van der Waals surface area contributed by atoms with Crippen molar-refractivity contribution in [3.63, 3.8) is 0 Å². The molecule has 0 amide bonds. The Morgan fingerprint density at radius 2 is 1.79 bits per heavy atom. The standard InChI is InChI=1S/C12H18Cl2N2O2S/c1-15(2)6-7-16(3)19(17,18)11-4-5-12(14)10(8-11)9-13/h4-5,8H,6-7,9H2,1-3H3. The van der Waals surface area contributed by atoms with Crippen LogP contribution in [0.25, 0.3) is 0 Å². The van der Waals surface area contributed by atoms with E-state index in [1.54, 1.807) is 13.1 Å². The van der Waals surface area contributed by atoms with E-state index in [1.165, 1.54) is 16.4 Å². The molecule has 1 aromatic rings. The summed E-state index contributed by atoms with van der Waals surface area (Å²) >= 11 is 11.7. The van der Waals surface area contributed by atoms with E-state index in [9.17, 15) is 8.42 Å². The Bertz CT molecular complexity index is 533. The number of rotatable bonds is 6. The zero-order valence-electron chi connectivity index (χ0n) is 11.2. The number of halogens is 2. The lowest BCUT2D eigenvalue weighted by Crippen LogP contribution is -2.33. The number of nitrogens with zero attached hydrogens (tertiary/aromatic N) is 2. The summed E-state index contributed by atoms with van der Waals surface area (Å²) in [5, 5.41) is 0.477. The molecule has 0 aliphatic rings. The van der Waals surface area contributed by atoms with Crippen molar-refractivity contribution < 1.29 is 8.42 Å². The molecule has 4 nitrogen and oxygen atoms in total. The van der Waals surface area contributed by atoms with Gasteiger partial charge < -0.3 is 4.90 Å². The summed E-state index contributed by atoms with van der Waals surface area (Å²) in [6.45, 7) is 1.08. The largest absolute Gasteiger partial charge is 0.308 e. The highest BCUT2D eigenvalue weighted by Gasteiger charge is 2.21. The van der Waals surface area contributed by atoms with Gasteiger partial charge in [0.15, 0.2) is 0 Å². The lowest BCUT2D eigenvalue weighted by Gasteiger charge is -2.19. The van der Waals surface area contributed by atoms with E-state index in [1.807, 2.05) is 19.0 Å². The Morgan fingerprint density at radius 3 is 2.32 bits per heavy atom. The molecule has 0 saturated carbocycles. The van der Waals surface area contributed by atoms with Gasteiger partial charge in [0, 0.05) is 31.0 Å². The summed E-state index contributed by atoms with van der Waals surface area (Å²) < 4.78 is 26.0. The summed E-state index contributed by atoms with van der Waals surface area (Å²) in [5.74, 6) is 0.184. The Kier molecular flexibility index (Phi) is 6.08. The summed E-state index contributed by atoms with van der Waals surface area (Å²) in [6.07, 6.45) is 0. The first-order valence-electron chi connectivity index (χ1n) is 5.74. The van der Waals surface area contributed by atoms with Crippen LogP contribution < -0.4 is 0 Å². The third-order valence-electron chi connectivity index (χ3n) is 2.73. The highest BCUT2D eigenvalue weighted by atomic mass is 35.5. The minimum absolute atomic E-state index is 0.184. The van der Waals surface area contributed by atoms with Crippen LogP contribution in [0.1, 0.15) is 5.56 Å². The Labute approximate surface area is 125 Å². The van der Waals surface area contributed by atoms with Crippen molar-refractivity contribution in [3.05, 3.63) is 28.8 Å². The molecule has 0 spiro atoms. The maximum absolute atomic E-state index is 12.3. The average Bonchev–Trinajstić information content (AvgIpc) is 2.35. The molecule has 0 bridgehead atoms. The molecule has 19 heavy (non-hydrogen) atoms. The summed E-state index contributed by atoms with van der Waals surface area (Å²) in [5.41, 5.74) is 0.616. The number of hydrogen-bond acceptors (Lipinski definition) is 3. The van der Waals surface area contributed by atoms with Crippen molar-refractivity contribution in [2.45, 2.75) is 10.8 Å². The van der Waals surface area contributed by atoms with Crippen LogP contribution in [0.3, 0.4) is 0 Å². The predicted octanol–water partition coefficient (Wildman–Crippen LogP) is 2.26. The molecule has 0 unspecified atom stereocenters. The van der Waals surface area contributed by atoms with Crippen LogP contribution >= 0.6 is 23.2 Å². The monoisotopic (exact) mass is 324 g/mol. The van der Waals surface area contributed by atoms with E-state index in [2.05, 4.69) is 0 Å². The molecule has 0 aliphatic heterocycles. The van der Waals surface area contributed by atoms with E-state index in [0.717, 1.165) is 0 Å². The highest BCUT2D eigenvalue weighted by molar-refractivity contribution is 7.89. The zero-order valence-corrected chi connectivity index (χ0v) is 13.6. The average molecular weight is 325 g/mol. The van der Waals surface area contributed by atoms with Crippen LogP contribution in [0.4, 0.5) is 0 Å². The van der Waals surface area contributed by atoms with Crippen LogP contribution in [0.15, 0.2) is 23.1 Å². The lowest BCUT2D eigenvalue weighted by atomic mass is 10.2. The third-order valence-corrected chi connectivity index (χ3v) is 5.24. The fourth-order valence-corrected chi connectivity index (χ4v) is 3.14. The SMILES string of the molecule is CN(C)CCN(C)S(=O)(=O)c1ccc(Cl)c(CCl)c1. The van der Waals surface area contributed by atoms with Gasteiger partial charge in [-0.1, -0.05) is 11.6 Å². The second kappa shape index (κ2) is 6.90. The molecule has 0 N–H and O–H groups in total. The van der Waals surface area contributed by atoms with Gasteiger partial charge in [-0.2, -0.15) is 4.31 Å². The molecular formula is C12H18Cl2N2O2S. The first kappa shape index (κ1) is 16.7. The van der Waals surface area contributed by atoms with Gasteiger partial charge in [0.25, 0.3) is 0 Å². The van der Waals surface area contributed by atoms with Crippen LogP contribution in [0, 0.1) is 0 Å². The van der Waals surface area contributed by atoms with E-state index < -0.39 is 10.0 Å². The summed E-state index contributed by atoms with van der Waals surface area (Å²) in [7, 11) is 1.86. The van der Waals surface area contributed by atoms with E-state index in [-0.39, 0.29) is 10.8 Å². The van der Waals surface area contributed by atoms with Gasteiger partial charge in [0.05, 0.1) is 4.90 Å². The van der Waals surface area contributed by atoms with Gasteiger partial charge in [-0.15, -0.1) is 11.6 Å². The fourth-order valence-electron chi connectivity index (χ4n) is 1.45. The first-order chi connectivity index (χ1) is 8.78. The molecule has 0 aliphatic carbocycles. The maximum atomic E-state index is 12.3. The third kappa shape index (κ3) is 4.33. The van der Waals surface area contributed by atoms with Gasteiger partial charge in [0.2, 0.25) is 10.0 Å². The van der Waals surface area contributed by atoms with Gasteiger partial charge >= 0.3 is 0 Å². The van der Waals surface area contributed by atoms with Gasteiger partial charge in [0.1, 0.15) is 0 Å². The topological polar surface area (TPSA) is 40.6 Å². The predicted molar refractivity (Wildman–Crippen MR) is 79.4 cm³/mol. The number of benzene rings is 1. The van der Waals surface area contributed by atoms with Crippen LogP contribution in [-0.2, 0) is 15.9 Å². The molecule has 1 rings (SSSR count). The Balaban J connectivity index is 2.99. The fraction of sp³-hybridized carbons (Fsp3) is 0.500. The van der Waals surface area contributed by atoms with Crippen LogP contribution in [0.5, 0.6) is 0 Å². The smallest absolute Gasteiger partial charge is 0.242 e. The normalized spacial score (nSPS) is 12.4. The first-order valence-corrected chi connectivity index (χ1v) is 8.09. The summed E-state index contributed by atoms with van der Waals surface area (Å²) in [4.78, 5) is 2.15.